The normalized spacial score (nSPS) is 17.0. The molecular weight excluding hydrogens is 318 g/mol. The van der Waals surface area contributed by atoms with Crippen LogP contribution in [0.2, 0.25) is 0 Å². The van der Waals surface area contributed by atoms with E-state index in [2.05, 4.69) is 4.98 Å². The Morgan fingerprint density at radius 1 is 1.57 bits per heavy atom. The summed E-state index contributed by atoms with van der Waals surface area (Å²) in [7, 11) is 1.02. The lowest BCUT2D eigenvalue weighted by Gasteiger charge is -2.17. The SMILES string of the molecule is Cn1c(=O)c(C(=O)O)cc2ccnc(OCC3(S(C)=N)CC3)c21. The predicted molar refractivity (Wildman–Crippen MR) is 87.4 cm³/mol. The van der Waals surface area contributed by atoms with E-state index in [1.165, 1.54) is 23.9 Å². The van der Waals surface area contributed by atoms with E-state index in [-0.39, 0.29) is 10.3 Å². The summed E-state index contributed by atoms with van der Waals surface area (Å²) in [6.07, 6.45) is 5.33. The molecule has 0 amide bonds. The van der Waals surface area contributed by atoms with Gasteiger partial charge in [0.2, 0.25) is 5.88 Å². The fourth-order valence-electron chi connectivity index (χ4n) is 2.54. The highest BCUT2D eigenvalue weighted by Gasteiger charge is 2.45. The molecule has 3 rings (SSSR count). The van der Waals surface area contributed by atoms with Crippen LogP contribution < -0.4 is 10.3 Å². The molecular formula is C15H17N3O4S. The van der Waals surface area contributed by atoms with Gasteiger partial charge in [0.05, 0.1) is 4.75 Å². The Hall–Kier alpha value is -2.22. The van der Waals surface area contributed by atoms with Crippen molar-refractivity contribution in [3.8, 4) is 5.88 Å². The number of ether oxygens (including phenoxy) is 1. The number of aromatic carboxylic acids is 1. The minimum atomic E-state index is -1.26. The number of carboxylic acids is 1. The van der Waals surface area contributed by atoms with Gasteiger partial charge in [0.25, 0.3) is 5.56 Å². The van der Waals surface area contributed by atoms with E-state index in [9.17, 15) is 9.59 Å². The van der Waals surface area contributed by atoms with Gasteiger partial charge in [0.15, 0.2) is 0 Å². The maximum Gasteiger partial charge on any atom is 0.341 e. The van der Waals surface area contributed by atoms with Crippen LogP contribution >= 0.6 is 0 Å². The zero-order valence-corrected chi connectivity index (χ0v) is 13.6. The van der Waals surface area contributed by atoms with Gasteiger partial charge < -0.3 is 14.4 Å². The third-order valence-corrected chi connectivity index (χ3v) is 6.08. The summed E-state index contributed by atoms with van der Waals surface area (Å²) in [6, 6.07) is 2.99. The van der Waals surface area contributed by atoms with E-state index in [4.69, 9.17) is 14.6 Å². The zero-order valence-electron chi connectivity index (χ0n) is 12.8. The molecule has 0 aliphatic heterocycles. The lowest BCUT2D eigenvalue weighted by atomic mass is 10.2. The molecule has 1 fully saturated rings. The first-order chi connectivity index (χ1) is 10.9. The van der Waals surface area contributed by atoms with E-state index in [1.54, 1.807) is 6.07 Å². The zero-order chi connectivity index (χ0) is 16.8. The van der Waals surface area contributed by atoms with Crippen molar-refractivity contribution in [2.24, 2.45) is 7.05 Å². The van der Waals surface area contributed by atoms with Crippen molar-refractivity contribution in [1.82, 2.24) is 9.55 Å². The van der Waals surface area contributed by atoms with Gasteiger partial charge in [-0.05, 0) is 31.2 Å². The smallest absolute Gasteiger partial charge is 0.341 e. The largest absolute Gasteiger partial charge is 0.477 e. The molecule has 2 heterocycles. The van der Waals surface area contributed by atoms with Crippen LogP contribution in [0.3, 0.4) is 0 Å². The molecule has 2 N–H and O–H groups in total. The Bertz CT molecular complexity index is 886. The molecule has 23 heavy (non-hydrogen) atoms. The molecule has 7 nitrogen and oxygen atoms in total. The fraction of sp³-hybridized carbons (Fsp3) is 0.400. The highest BCUT2D eigenvalue weighted by Crippen LogP contribution is 2.41. The van der Waals surface area contributed by atoms with Gasteiger partial charge in [-0.3, -0.25) is 9.57 Å². The summed E-state index contributed by atoms with van der Waals surface area (Å²) in [4.78, 5) is 27.5. The van der Waals surface area contributed by atoms with Crippen LogP contribution in [-0.2, 0) is 17.7 Å². The highest BCUT2D eigenvalue weighted by molar-refractivity contribution is 7.87. The van der Waals surface area contributed by atoms with Crippen molar-refractivity contribution in [2.45, 2.75) is 17.6 Å². The molecule has 0 aromatic carbocycles. The minimum Gasteiger partial charge on any atom is -0.477 e. The monoisotopic (exact) mass is 335 g/mol. The lowest BCUT2D eigenvalue weighted by Crippen LogP contribution is -2.26. The maximum absolute atomic E-state index is 12.2. The lowest BCUT2D eigenvalue weighted by molar-refractivity contribution is 0.0694. The molecule has 1 saturated carbocycles. The highest BCUT2D eigenvalue weighted by atomic mass is 32.2. The number of aryl methyl sites for hydroxylation is 1. The fourth-order valence-corrected chi connectivity index (χ4v) is 3.49. The van der Waals surface area contributed by atoms with Crippen LogP contribution in [0.25, 0.3) is 10.9 Å². The number of carbonyl (C=O) groups is 1. The Kier molecular flexibility index (Phi) is 3.71. The molecule has 0 saturated heterocycles. The summed E-state index contributed by atoms with van der Waals surface area (Å²) in [6.45, 7) is 0.386. The van der Waals surface area contributed by atoms with Gasteiger partial charge >= 0.3 is 5.97 Å². The number of hydrogen-bond donors (Lipinski definition) is 2. The number of carboxylic acid groups (broad SMARTS) is 1. The Labute approximate surface area is 134 Å². The molecule has 1 atom stereocenters. The Morgan fingerprint density at radius 3 is 2.83 bits per heavy atom. The molecule has 2 aromatic rings. The second-order valence-corrected chi connectivity index (χ2v) is 7.65. The number of hydrogen-bond acceptors (Lipinski definition) is 5. The molecule has 0 bridgehead atoms. The van der Waals surface area contributed by atoms with Crippen molar-refractivity contribution >= 4 is 27.6 Å². The molecule has 1 aliphatic carbocycles. The second-order valence-electron chi connectivity index (χ2n) is 5.76. The van der Waals surface area contributed by atoms with E-state index in [0.29, 0.717) is 23.4 Å². The average molecular weight is 335 g/mol. The molecule has 1 aliphatic rings. The maximum atomic E-state index is 12.2. The number of fused-ring (bicyclic) bond motifs is 1. The van der Waals surface area contributed by atoms with Crippen LogP contribution in [0.5, 0.6) is 5.88 Å². The third kappa shape index (κ3) is 2.63. The second kappa shape index (κ2) is 5.45. The van der Waals surface area contributed by atoms with Crippen molar-refractivity contribution in [2.75, 3.05) is 12.9 Å². The molecule has 1 unspecified atom stereocenters. The predicted octanol–water partition coefficient (Wildman–Crippen LogP) is 1.55. The number of aromatic nitrogens is 2. The number of nitrogens with one attached hydrogen (secondary N) is 1. The van der Waals surface area contributed by atoms with Crippen molar-refractivity contribution in [1.29, 1.82) is 4.78 Å². The molecule has 2 aromatic heterocycles. The third-order valence-electron chi connectivity index (χ3n) is 4.25. The standard InChI is InChI=1S/C15H17N3O4S/c1-18-11-9(7-10(13(18)19)14(20)21)3-6-17-12(11)22-8-15(4-5-15)23(2)16/h3,6-7,16H,4-5,8H2,1-2H3,(H,20,21). The summed E-state index contributed by atoms with van der Waals surface area (Å²) < 4.78 is 14.9. The van der Waals surface area contributed by atoms with Gasteiger partial charge in [0, 0.05) is 18.6 Å². The van der Waals surface area contributed by atoms with Crippen molar-refractivity contribution < 1.29 is 14.6 Å². The topological polar surface area (TPSA) is 105 Å². The number of pyridine rings is 2. The Balaban J connectivity index is 2.05. The van der Waals surface area contributed by atoms with Crippen molar-refractivity contribution in [3.63, 3.8) is 0 Å². The summed E-state index contributed by atoms with van der Waals surface area (Å²) in [5.74, 6) is -0.955. The first-order valence-corrected chi connectivity index (χ1v) is 8.71. The quantitative estimate of drug-likeness (QED) is 0.862. The van der Waals surface area contributed by atoms with Gasteiger partial charge in [-0.1, -0.05) is 10.7 Å². The minimum absolute atomic E-state index is 0.107. The summed E-state index contributed by atoms with van der Waals surface area (Å²) >= 11 is 0. The first-order valence-electron chi connectivity index (χ1n) is 7.08. The van der Waals surface area contributed by atoms with Gasteiger partial charge in [-0.15, -0.1) is 0 Å². The van der Waals surface area contributed by atoms with Crippen LogP contribution in [-0.4, -0.2) is 38.2 Å². The molecule has 0 radical (unpaired) electrons. The average Bonchev–Trinajstić information content (AvgIpc) is 3.29. The van der Waals surface area contributed by atoms with Crippen LogP contribution in [0.1, 0.15) is 23.2 Å². The van der Waals surface area contributed by atoms with Gasteiger partial charge in [-0.25, -0.2) is 9.78 Å². The van der Waals surface area contributed by atoms with Crippen LogP contribution in [0.4, 0.5) is 0 Å². The Morgan fingerprint density at radius 2 is 2.26 bits per heavy atom. The van der Waals surface area contributed by atoms with Crippen LogP contribution in [0, 0.1) is 4.78 Å². The van der Waals surface area contributed by atoms with Gasteiger partial charge in [-0.2, -0.15) is 0 Å². The van der Waals surface area contributed by atoms with E-state index >= 15 is 0 Å². The van der Waals surface area contributed by atoms with E-state index in [1.807, 2.05) is 6.26 Å². The van der Waals surface area contributed by atoms with E-state index in [0.717, 1.165) is 12.8 Å². The van der Waals surface area contributed by atoms with E-state index < -0.39 is 22.2 Å². The first kappa shape index (κ1) is 15.7. The number of rotatable bonds is 5. The summed E-state index contributed by atoms with van der Waals surface area (Å²) in [5, 5.41) is 9.70. The molecule has 122 valence electrons. The molecule has 8 heteroatoms. The van der Waals surface area contributed by atoms with Crippen LogP contribution in [0.15, 0.2) is 23.1 Å². The summed E-state index contributed by atoms with van der Waals surface area (Å²) in [5.41, 5.74) is -0.406. The van der Waals surface area contributed by atoms with Gasteiger partial charge in [0.1, 0.15) is 17.7 Å². The van der Waals surface area contributed by atoms with Crippen molar-refractivity contribution in [3.05, 3.63) is 34.2 Å². The molecule has 0 spiro atoms. The number of nitrogens with zero attached hydrogens (tertiary/aromatic N) is 2.